The van der Waals surface area contributed by atoms with Crippen molar-refractivity contribution in [3.05, 3.63) is 82.1 Å². The van der Waals surface area contributed by atoms with E-state index in [2.05, 4.69) is 15.0 Å². The first-order chi connectivity index (χ1) is 22.9. The fourth-order valence-electron chi connectivity index (χ4n) is 5.75. The first kappa shape index (κ1) is 35.5. The predicted octanol–water partition coefficient (Wildman–Crippen LogP) is 4.01. The Morgan fingerprint density at radius 3 is 2.45 bits per heavy atom. The Morgan fingerprint density at radius 2 is 1.82 bits per heavy atom. The lowest BCUT2D eigenvalue weighted by Gasteiger charge is -2.40. The van der Waals surface area contributed by atoms with Gasteiger partial charge in [0, 0.05) is 50.7 Å². The maximum atomic E-state index is 16.0. The van der Waals surface area contributed by atoms with Gasteiger partial charge in [-0.2, -0.15) is 18.2 Å². The van der Waals surface area contributed by atoms with Crippen LogP contribution in [0.2, 0.25) is 0 Å². The summed E-state index contributed by atoms with van der Waals surface area (Å²) in [6, 6.07) is 3.52. The third kappa shape index (κ3) is 7.03. The summed E-state index contributed by atoms with van der Waals surface area (Å²) in [5.41, 5.74) is -5.64. The minimum Gasteiger partial charge on any atom is -0.350 e. The molecule has 1 aliphatic rings. The van der Waals surface area contributed by atoms with Crippen LogP contribution >= 0.6 is 0 Å². The topological polar surface area (TPSA) is 122 Å². The van der Waals surface area contributed by atoms with E-state index in [9.17, 15) is 31.2 Å². The van der Waals surface area contributed by atoms with Gasteiger partial charge in [0.25, 0.3) is 0 Å². The fraction of sp³-hybridized carbons (Fsp3) is 0.344. The van der Waals surface area contributed by atoms with Crippen molar-refractivity contribution < 1.29 is 35.2 Å². The van der Waals surface area contributed by atoms with E-state index in [0.717, 1.165) is 29.0 Å². The number of carbonyl (C=O) groups excluding carboxylic acids is 1. The van der Waals surface area contributed by atoms with E-state index in [-0.39, 0.29) is 53.0 Å². The highest BCUT2D eigenvalue weighted by molar-refractivity contribution is 7.90. The van der Waals surface area contributed by atoms with Gasteiger partial charge >= 0.3 is 11.9 Å². The van der Waals surface area contributed by atoms with E-state index in [4.69, 9.17) is 0 Å². The molecule has 0 bridgehead atoms. The van der Waals surface area contributed by atoms with Gasteiger partial charge in [0.1, 0.15) is 17.3 Å². The number of anilines is 1. The summed E-state index contributed by atoms with van der Waals surface area (Å²) in [6.07, 6.45) is 0.125. The normalized spacial score (nSPS) is 15.9. The van der Waals surface area contributed by atoms with Gasteiger partial charge in [-0.25, -0.2) is 31.5 Å². The first-order valence-electron chi connectivity index (χ1n) is 14.9. The van der Waals surface area contributed by atoms with Crippen molar-refractivity contribution in [2.24, 2.45) is 0 Å². The average Bonchev–Trinajstić information content (AvgIpc) is 3.00. The quantitative estimate of drug-likeness (QED) is 0.208. The molecular formula is C32H32F5N7O4S. The Morgan fingerprint density at radius 1 is 1.10 bits per heavy atom. The highest BCUT2D eigenvalue weighted by atomic mass is 32.2. The summed E-state index contributed by atoms with van der Waals surface area (Å²) >= 11 is 0. The van der Waals surface area contributed by atoms with Crippen molar-refractivity contribution in [1.29, 1.82) is 0 Å². The third-order valence-corrected chi connectivity index (χ3v) is 9.12. The molecule has 49 heavy (non-hydrogen) atoms. The second kappa shape index (κ2) is 13.3. The number of hydrogen-bond donors (Lipinski definition) is 0. The van der Waals surface area contributed by atoms with Gasteiger partial charge in [-0.15, -0.1) is 0 Å². The molecule has 1 fully saturated rings. The molecule has 1 amide bonds. The molecule has 260 valence electrons. The number of rotatable bonds is 7. The Hall–Kier alpha value is -4.77. The largest absolute Gasteiger partial charge is 0.417 e. The van der Waals surface area contributed by atoms with Crippen LogP contribution in [0.3, 0.4) is 0 Å². The van der Waals surface area contributed by atoms with E-state index in [1.54, 1.807) is 22.8 Å². The Labute approximate surface area is 278 Å². The third-order valence-electron chi connectivity index (χ3n) is 7.99. The second-order valence-corrected chi connectivity index (χ2v) is 13.9. The number of pyridine rings is 2. The molecule has 5 rings (SSSR count). The molecule has 11 nitrogen and oxygen atoms in total. The number of sulfone groups is 1. The Balaban J connectivity index is 1.77. The zero-order valence-electron chi connectivity index (χ0n) is 27.1. The monoisotopic (exact) mass is 705 g/mol. The summed E-state index contributed by atoms with van der Waals surface area (Å²) in [7, 11) is -0.349. The molecule has 4 heterocycles. The number of nitrogens with zero attached hydrogens (tertiary/aromatic N) is 7. The van der Waals surface area contributed by atoms with E-state index in [1.807, 2.05) is 19.0 Å². The van der Waals surface area contributed by atoms with Gasteiger partial charge in [-0.05, 0) is 52.2 Å². The summed E-state index contributed by atoms with van der Waals surface area (Å²) in [5, 5.41) is -0.175. The Bertz CT molecular complexity index is 2150. The van der Waals surface area contributed by atoms with E-state index in [0.29, 0.717) is 18.7 Å². The Kier molecular flexibility index (Phi) is 9.62. The maximum Gasteiger partial charge on any atom is 0.417 e. The number of amides is 1. The number of likely N-dealkylation sites (N-methyl/N-ethyl adjacent to an activating group) is 1. The maximum absolute atomic E-state index is 16.0. The fourth-order valence-corrected chi connectivity index (χ4v) is 6.65. The van der Waals surface area contributed by atoms with Crippen molar-refractivity contribution in [2.75, 3.05) is 51.4 Å². The summed E-state index contributed by atoms with van der Waals surface area (Å²) in [6.45, 7) is 4.15. The molecule has 1 atom stereocenters. The van der Waals surface area contributed by atoms with Crippen LogP contribution in [0.25, 0.3) is 28.0 Å². The molecule has 4 aromatic rings. The van der Waals surface area contributed by atoms with Gasteiger partial charge in [0.15, 0.2) is 21.3 Å². The molecule has 0 saturated carbocycles. The lowest BCUT2D eigenvalue weighted by Crippen LogP contribution is -2.54. The molecule has 1 aliphatic heterocycles. The van der Waals surface area contributed by atoms with Gasteiger partial charge in [-0.3, -0.25) is 9.78 Å². The molecule has 0 spiro atoms. The van der Waals surface area contributed by atoms with E-state index >= 15 is 8.78 Å². The highest BCUT2D eigenvalue weighted by Crippen LogP contribution is 2.40. The minimum atomic E-state index is -5.11. The number of alkyl halides is 3. The zero-order chi connectivity index (χ0) is 36.0. The van der Waals surface area contributed by atoms with E-state index < -0.39 is 61.8 Å². The number of benzene rings is 1. The minimum absolute atomic E-state index is 0.0123. The van der Waals surface area contributed by atoms with Crippen LogP contribution in [0.5, 0.6) is 0 Å². The van der Waals surface area contributed by atoms with Gasteiger partial charge in [0.2, 0.25) is 5.91 Å². The number of halogens is 5. The smallest absolute Gasteiger partial charge is 0.350 e. The average molecular weight is 706 g/mol. The number of piperazine rings is 1. The van der Waals surface area contributed by atoms with Crippen LogP contribution in [0.1, 0.15) is 18.2 Å². The SMILES string of the molecule is Cc1nccc(S(C)(=O)=O)c1-n1c(=O)nc(N2CCN(C(=O)/C=C/CN(C)C)C[C@@H]2C)c2cc(F)c(-c3c(F)cccc3C(F)(F)F)nc21. The van der Waals surface area contributed by atoms with Crippen molar-refractivity contribution in [3.8, 4) is 16.9 Å². The van der Waals surface area contributed by atoms with Crippen LogP contribution in [0, 0.1) is 18.6 Å². The van der Waals surface area contributed by atoms with Crippen molar-refractivity contribution in [3.63, 3.8) is 0 Å². The van der Waals surface area contributed by atoms with Crippen LogP contribution in [-0.4, -0.2) is 96.2 Å². The van der Waals surface area contributed by atoms with Crippen LogP contribution in [-0.2, 0) is 20.8 Å². The summed E-state index contributed by atoms with van der Waals surface area (Å²) < 4.78 is 99.7. The van der Waals surface area contributed by atoms with Crippen molar-refractivity contribution in [2.45, 2.75) is 31.0 Å². The summed E-state index contributed by atoms with van der Waals surface area (Å²) in [5.74, 6) is -3.13. The highest BCUT2D eigenvalue weighted by Gasteiger charge is 2.37. The zero-order valence-corrected chi connectivity index (χ0v) is 27.9. The molecule has 0 aliphatic carbocycles. The number of hydrogen-bond acceptors (Lipinski definition) is 9. The molecule has 3 aromatic heterocycles. The van der Waals surface area contributed by atoms with E-state index in [1.165, 1.54) is 19.2 Å². The molecule has 0 radical (unpaired) electrons. The molecule has 0 N–H and O–H groups in total. The number of carbonyl (C=O) groups is 1. The first-order valence-corrected chi connectivity index (χ1v) is 16.8. The van der Waals surface area contributed by atoms with Gasteiger partial charge < -0.3 is 14.7 Å². The van der Waals surface area contributed by atoms with Crippen molar-refractivity contribution in [1.82, 2.24) is 29.3 Å². The van der Waals surface area contributed by atoms with Crippen molar-refractivity contribution >= 4 is 32.6 Å². The molecule has 17 heteroatoms. The lowest BCUT2D eigenvalue weighted by atomic mass is 10.0. The summed E-state index contributed by atoms with van der Waals surface area (Å²) in [4.78, 5) is 43.9. The second-order valence-electron chi connectivity index (χ2n) is 11.9. The van der Waals surface area contributed by atoms with Crippen LogP contribution < -0.4 is 10.6 Å². The predicted molar refractivity (Wildman–Crippen MR) is 172 cm³/mol. The number of aromatic nitrogens is 4. The van der Waals surface area contributed by atoms with Crippen LogP contribution in [0.15, 0.2) is 58.4 Å². The number of aryl methyl sites for hydroxylation is 1. The molecule has 0 unspecified atom stereocenters. The lowest BCUT2D eigenvalue weighted by molar-refractivity contribution is -0.137. The number of fused-ring (bicyclic) bond motifs is 1. The van der Waals surface area contributed by atoms with Gasteiger partial charge in [-0.1, -0.05) is 12.1 Å². The van der Waals surface area contributed by atoms with Gasteiger partial charge in [0.05, 0.1) is 32.8 Å². The van der Waals surface area contributed by atoms with Crippen LogP contribution in [0.4, 0.5) is 27.8 Å². The molecule has 1 aromatic carbocycles. The molecular weight excluding hydrogens is 673 g/mol. The molecule has 1 saturated heterocycles. The standard InChI is InChI=1S/C32H32F5N7O4S/c1-18-17-42(25(45)10-7-13-41(3)4)14-15-43(18)29-20-16-23(34)27(26-21(32(35,36)37)8-6-9-22(26)33)39-30(20)44(31(46)40-29)28-19(2)38-12-11-24(28)49(5,47)48/h6-12,16,18H,13-15,17H2,1-5H3/b10-7+/t18-/m0/s1.